The quantitative estimate of drug-likeness (QED) is 0.211. The number of aryl methyl sites for hydroxylation is 1. The molecule has 2 aromatic rings. The molecular weight excluding hydrogens is 552 g/mol. The number of aromatic amines is 1. The third-order valence-electron chi connectivity index (χ3n) is 7.14. The van der Waals surface area contributed by atoms with Gasteiger partial charge in [-0.15, -0.1) is 0 Å². The molecule has 0 aliphatic carbocycles. The number of aromatic nitrogens is 2. The average Bonchev–Trinajstić information content (AvgIpc) is 3.38. The highest BCUT2D eigenvalue weighted by atomic mass is 16.7. The van der Waals surface area contributed by atoms with Gasteiger partial charge in [0.15, 0.2) is 11.9 Å². The molecule has 0 saturated carbocycles. The van der Waals surface area contributed by atoms with Crippen molar-refractivity contribution in [2.75, 3.05) is 12.4 Å². The van der Waals surface area contributed by atoms with Crippen LogP contribution in [-0.2, 0) is 35.0 Å². The number of primary amides is 1. The van der Waals surface area contributed by atoms with E-state index in [1.165, 1.54) is 13.3 Å². The van der Waals surface area contributed by atoms with Crippen LogP contribution in [0.4, 0.5) is 5.69 Å². The Bertz CT molecular complexity index is 1390. The molecule has 1 aromatic heterocycles. The number of aliphatic hydroxyl groups is 2. The number of hydrogen-bond donors (Lipinski definition) is 5. The van der Waals surface area contributed by atoms with Crippen molar-refractivity contribution in [3.63, 3.8) is 0 Å². The second kappa shape index (κ2) is 13.9. The van der Waals surface area contributed by atoms with Crippen LogP contribution in [0.1, 0.15) is 44.4 Å². The van der Waals surface area contributed by atoms with Crippen molar-refractivity contribution in [3.8, 4) is 0 Å². The number of aliphatic hydroxyl groups excluding tert-OH is 2. The van der Waals surface area contributed by atoms with Crippen molar-refractivity contribution >= 4 is 17.5 Å². The Morgan fingerprint density at radius 3 is 2.57 bits per heavy atom. The van der Waals surface area contributed by atoms with Crippen molar-refractivity contribution in [3.05, 3.63) is 74.8 Å². The first-order valence-electron chi connectivity index (χ1n) is 13.7. The topological polar surface area (TPSA) is 204 Å². The summed E-state index contributed by atoms with van der Waals surface area (Å²) < 4.78 is 23.7. The summed E-state index contributed by atoms with van der Waals surface area (Å²) in [6.45, 7) is 2.13. The molecule has 0 radical (unpaired) electrons. The summed E-state index contributed by atoms with van der Waals surface area (Å²) in [5.74, 6) is -2.07. The van der Waals surface area contributed by atoms with E-state index in [9.17, 15) is 29.4 Å². The molecule has 4 rings (SSSR count). The smallest absolute Gasteiger partial charge is 0.330 e. The molecule has 0 spiro atoms. The number of nitrogens with zero attached hydrogens (tertiary/aromatic N) is 1. The summed E-state index contributed by atoms with van der Waals surface area (Å²) >= 11 is 0. The molecule has 3 heterocycles. The number of amides is 2. The second-order valence-electron chi connectivity index (χ2n) is 10.1. The molecule has 2 aliphatic heterocycles. The molecule has 6 N–H and O–H groups in total. The molecule has 1 aromatic carbocycles. The zero-order valence-corrected chi connectivity index (χ0v) is 23.3. The molecule has 228 valence electrons. The fourth-order valence-corrected chi connectivity index (χ4v) is 4.85. The molecule has 2 aliphatic rings. The van der Waals surface area contributed by atoms with Crippen LogP contribution in [0, 0.1) is 0 Å². The van der Waals surface area contributed by atoms with Gasteiger partial charge in [-0.25, -0.2) is 4.79 Å². The first-order chi connectivity index (χ1) is 20.1. The van der Waals surface area contributed by atoms with Gasteiger partial charge in [-0.3, -0.25) is 23.9 Å². The fraction of sp³-hybridized carbons (Fsp3) is 0.500. The van der Waals surface area contributed by atoms with Crippen LogP contribution in [0.15, 0.2) is 58.0 Å². The third-order valence-corrected chi connectivity index (χ3v) is 7.14. The first kappa shape index (κ1) is 31.1. The van der Waals surface area contributed by atoms with Gasteiger partial charge in [-0.1, -0.05) is 31.9 Å². The number of carbonyl (C=O) groups is 2. The van der Waals surface area contributed by atoms with E-state index in [0.29, 0.717) is 5.69 Å². The van der Waals surface area contributed by atoms with Crippen molar-refractivity contribution in [2.45, 2.75) is 82.1 Å². The Morgan fingerprint density at radius 2 is 1.93 bits per heavy atom. The zero-order valence-electron chi connectivity index (χ0n) is 23.3. The molecular formula is C28H36N4O10. The number of unbranched alkanes of at least 4 members (excludes halogenated alkanes) is 2. The molecule has 14 heteroatoms. The van der Waals surface area contributed by atoms with Crippen LogP contribution in [0.5, 0.6) is 0 Å². The van der Waals surface area contributed by atoms with Gasteiger partial charge in [0.1, 0.15) is 24.5 Å². The highest BCUT2D eigenvalue weighted by Gasteiger charge is 2.47. The molecule has 7 atom stereocenters. The molecule has 0 bridgehead atoms. The van der Waals surface area contributed by atoms with Crippen molar-refractivity contribution in [1.82, 2.24) is 9.55 Å². The summed E-state index contributed by atoms with van der Waals surface area (Å²) in [5, 5.41) is 23.6. The minimum Gasteiger partial charge on any atom is -0.456 e. The van der Waals surface area contributed by atoms with Gasteiger partial charge < -0.3 is 40.2 Å². The van der Waals surface area contributed by atoms with Crippen LogP contribution >= 0.6 is 0 Å². The minimum absolute atomic E-state index is 0.0852. The molecule has 0 unspecified atom stereocenters. The maximum atomic E-state index is 12.9. The number of hydrogen-bond acceptors (Lipinski definition) is 10. The van der Waals surface area contributed by atoms with Crippen molar-refractivity contribution in [1.29, 1.82) is 0 Å². The van der Waals surface area contributed by atoms with Gasteiger partial charge in [-0.05, 0) is 36.6 Å². The SMILES string of the molecule is CCCCCc1ccc(NC(=O)C2=C[C@H](O)[C@H](O)[C@@H](O[C@@H](C(N)=O)[C@H]3O[C@@H](n4ccc(=O)[nH]c4=O)C[C@@H]3OC)O2)cc1. The van der Waals surface area contributed by atoms with E-state index in [2.05, 4.69) is 17.2 Å². The van der Waals surface area contributed by atoms with Crippen LogP contribution in [0.25, 0.3) is 0 Å². The standard InChI is InChI=1S/C28H36N4O10/c1-3-4-5-6-15-7-9-16(10-8-15)30-26(37)19-13-17(33)22(35)27(40-19)42-24(25(29)36)23-18(39-2)14-21(41-23)32-12-11-20(34)31-28(32)38/h7-13,17-18,21-24,27,33,35H,3-6,14H2,1-2H3,(H2,29,36)(H,30,37)(H,31,34,38)/t17-,18-,21+,22-,23-,24+,27+/m0/s1. The van der Waals surface area contributed by atoms with Crippen molar-refractivity contribution in [2.24, 2.45) is 5.73 Å². The predicted molar refractivity (Wildman–Crippen MR) is 148 cm³/mol. The first-order valence-corrected chi connectivity index (χ1v) is 13.7. The van der Waals surface area contributed by atoms with E-state index in [0.717, 1.165) is 48.0 Å². The van der Waals surface area contributed by atoms with E-state index < -0.39 is 66.1 Å². The minimum atomic E-state index is -1.69. The number of benzene rings is 1. The monoisotopic (exact) mass is 588 g/mol. The average molecular weight is 589 g/mol. The summed E-state index contributed by atoms with van der Waals surface area (Å²) in [5.41, 5.74) is 5.89. The number of nitrogens with two attached hydrogens (primary N) is 1. The third kappa shape index (κ3) is 7.33. The number of ether oxygens (including phenoxy) is 4. The highest BCUT2D eigenvalue weighted by molar-refractivity contribution is 6.02. The van der Waals surface area contributed by atoms with E-state index >= 15 is 0 Å². The zero-order chi connectivity index (χ0) is 30.4. The predicted octanol–water partition coefficient (Wildman–Crippen LogP) is 0.0430. The summed E-state index contributed by atoms with van der Waals surface area (Å²) in [6, 6.07) is 8.45. The number of methoxy groups -OCH3 is 1. The molecule has 42 heavy (non-hydrogen) atoms. The van der Waals surface area contributed by atoms with E-state index in [1.54, 1.807) is 12.1 Å². The van der Waals surface area contributed by atoms with Gasteiger partial charge in [0.05, 0.1) is 6.10 Å². The van der Waals surface area contributed by atoms with Crippen LogP contribution < -0.4 is 22.3 Å². The number of carbonyl (C=O) groups excluding carboxylic acids is 2. The van der Waals surface area contributed by atoms with Gasteiger partial charge in [0, 0.05) is 31.5 Å². The lowest BCUT2D eigenvalue weighted by atomic mass is 10.1. The van der Waals surface area contributed by atoms with E-state index in [1.807, 2.05) is 12.1 Å². The van der Waals surface area contributed by atoms with Gasteiger partial charge >= 0.3 is 5.69 Å². The maximum Gasteiger partial charge on any atom is 0.330 e. The van der Waals surface area contributed by atoms with Crippen LogP contribution in [0.3, 0.4) is 0 Å². The second-order valence-corrected chi connectivity index (χ2v) is 10.1. The largest absolute Gasteiger partial charge is 0.456 e. The normalized spacial score (nSPS) is 26.2. The van der Waals surface area contributed by atoms with Crippen molar-refractivity contribution < 1.29 is 38.7 Å². The van der Waals surface area contributed by atoms with Crippen LogP contribution in [0.2, 0.25) is 0 Å². The van der Waals surface area contributed by atoms with Crippen LogP contribution in [-0.4, -0.2) is 75.5 Å². The Kier molecular flexibility index (Phi) is 10.3. The number of nitrogens with one attached hydrogen (secondary N) is 2. The lowest BCUT2D eigenvalue weighted by Gasteiger charge is -2.35. The Hall–Kier alpha value is -3.82. The Balaban J connectivity index is 1.45. The lowest BCUT2D eigenvalue weighted by Crippen LogP contribution is -2.53. The summed E-state index contributed by atoms with van der Waals surface area (Å²) in [4.78, 5) is 51.3. The Morgan fingerprint density at radius 1 is 1.19 bits per heavy atom. The molecule has 1 fully saturated rings. The highest BCUT2D eigenvalue weighted by Crippen LogP contribution is 2.33. The van der Waals surface area contributed by atoms with Gasteiger partial charge in [0.25, 0.3) is 11.5 Å². The van der Waals surface area contributed by atoms with E-state index in [4.69, 9.17) is 24.7 Å². The number of rotatable bonds is 12. The molecule has 14 nitrogen and oxygen atoms in total. The molecule has 1 saturated heterocycles. The van der Waals surface area contributed by atoms with Gasteiger partial charge in [0.2, 0.25) is 12.2 Å². The Labute approximate surface area is 241 Å². The number of anilines is 1. The summed E-state index contributed by atoms with van der Waals surface area (Å²) in [7, 11) is 1.36. The fourth-order valence-electron chi connectivity index (χ4n) is 4.85. The lowest BCUT2D eigenvalue weighted by molar-refractivity contribution is -0.241. The number of H-pyrrole nitrogens is 1. The summed E-state index contributed by atoms with van der Waals surface area (Å²) in [6.07, 6.45) is -2.88. The maximum absolute atomic E-state index is 12.9. The van der Waals surface area contributed by atoms with E-state index in [-0.39, 0.29) is 12.2 Å². The van der Waals surface area contributed by atoms with Gasteiger partial charge in [-0.2, -0.15) is 0 Å². The molecule has 2 amide bonds.